The first-order chi connectivity index (χ1) is 15.7. The predicted octanol–water partition coefficient (Wildman–Crippen LogP) is 2.37. The number of nitro groups is 1. The molecule has 9 nitrogen and oxygen atoms in total. The number of likely N-dealkylation sites (tertiary alicyclic amines) is 1. The Hall–Kier alpha value is -3.75. The van der Waals surface area contributed by atoms with Gasteiger partial charge in [-0.05, 0) is 37.5 Å². The van der Waals surface area contributed by atoms with E-state index in [0.29, 0.717) is 37.9 Å². The van der Waals surface area contributed by atoms with Crippen LogP contribution in [0.4, 0.5) is 5.69 Å². The monoisotopic (exact) mass is 452 g/mol. The highest BCUT2D eigenvalue weighted by atomic mass is 16.6. The van der Waals surface area contributed by atoms with E-state index >= 15 is 0 Å². The molecule has 0 aromatic heterocycles. The van der Waals surface area contributed by atoms with Crippen LogP contribution in [0.25, 0.3) is 0 Å². The van der Waals surface area contributed by atoms with Crippen molar-refractivity contribution in [3.63, 3.8) is 0 Å². The Balaban J connectivity index is 1.55. The summed E-state index contributed by atoms with van der Waals surface area (Å²) < 4.78 is 0. The van der Waals surface area contributed by atoms with E-state index in [1.54, 1.807) is 4.90 Å². The van der Waals surface area contributed by atoms with Gasteiger partial charge in [0, 0.05) is 50.2 Å². The number of amides is 3. The molecular formula is C24H28N4O5. The van der Waals surface area contributed by atoms with Crippen LogP contribution in [0.3, 0.4) is 0 Å². The summed E-state index contributed by atoms with van der Waals surface area (Å²) in [6, 6.07) is 12.6. The fourth-order valence-corrected chi connectivity index (χ4v) is 3.97. The molecule has 1 aliphatic rings. The molecule has 1 fully saturated rings. The van der Waals surface area contributed by atoms with Gasteiger partial charge in [0.1, 0.15) is 6.04 Å². The van der Waals surface area contributed by atoms with Gasteiger partial charge in [0.05, 0.1) is 4.92 Å². The molecule has 3 rings (SSSR count). The van der Waals surface area contributed by atoms with E-state index < -0.39 is 11.0 Å². The molecule has 33 heavy (non-hydrogen) atoms. The molecule has 0 aliphatic carbocycles. The standard InChI is InChI=1S/C24H28N4O5/c1-16-4-3-5-18(14-16)15-22(25-17(2)29)23(30)26-20-10-12-27(13-11-20)24(31)19-6-8-21(9-7-19)28(32)33/h3-9,14,20,22H,10-13,15H2,1-2H3,(H,25,29)(H,26,30)/t22-/m0/s1. The van der Waals surface area contributed by atoms with Gasteiger partial charge in [0.15, 0.2) is 0 Å². The minimum absolute atomic E-state index is 0.0626. The highest BCUT2D eigenvalue weighted by molar-refractivity contribution is 5.94. The summed E-state index contributed by atoms with van der Waals surface area (Å²) in [4.78, 5) is 49.2. The van der Waals surface area contributed by atoms with Crippen molar-refractivity contribution in [2.24, 2.45) is 0 Å². The zero-order valence-corrected chi connectivity index (χ0v) is 18.7. The summed E-state index contributed by atoms with van der Waals surface area (Å²) in [5.41, 5.74) is 2.38. The van der Waals surface area contributed by atoms with Crippen molar-refractivity contribution in [3.8, 4) is 0 Å². The van der Waals surface area contributed by atoms with Gasteiger partial charge in [0.25, 0.3) is 11.6 Å². The lowest BCUT2D eigenvalue weighted by atomic mass is 10.0. The van der Waals surface area contributed by atoms with Gasteiger partial charge in [-0.25, -0.2) is 0 Å². The normalized spacial score (nSPS) is 14.9. The molecular weight excluding hydrogens is 424 g/mol. The van der Waals surface area contributed by atoms with E-state index in [1.807, 2.05) is 31.2 Å². The molecule has 1 atom stereocenters. The maximum absolute atomic E-state index is 12.9. The van der Waals surface area contributed by atoms with Crippen LogP contribution >= 0.6 is 0 Å². The second kappa shape index (κ2) is 10.7. The molecule has 0 spiro atoms. The molecule has 0 radical (unpaired) electrons. The number of nitro benzene ring substituents is 1. The van der Waals surface area contributed by atoms with Gasteiger partial charge >= 0.3 is 0 Å². The fraction of sp³-hybridized carbons (Fsp3) is 0.375. The van der Waals surface area contributed by atoms with Crippen molar-refractivity contribution in [2.75, 3.05) is 13.1 Å². The first-order valence-electron chi connectivity index (χ1n) is 10.9. The number of benzene rings is 2. The van der Waals surface area contributed by atoms with Crippen LogP contribution < -0.4 is 10.6 Å². The number of nitrogens with one attached hydrogen (secondary N) is 2. The van der Waals surface area contributed by atoms with E-state index in [4.69, 9.17) is 0 Å². The van der Waals surface area contributed by atoms with Crippen LogP contribution in [-0.4, -0.2) is 52.7 Å². The Morgan fingerprint density at radius 2 is 1.79 bits per heavy atom. The van der Waals surface area contributed by atoms with Crippen LogP contribution in [0.2, 0.25) is 0 Å². The topological polar surface area (TPSA) is 122 Å². The quantitative estimate of drug-likeness (QED) is 0.493. The summed E-state index contributed by atoms with van der Waals surface area (Å²) in [6.45, 7) is 4.29. The van der Waals surface area contributed by atoms with Crippen LogP contribution in [0.5, 0.6) is 0 Å². The first kappa shape index (κ1) is 23.9. The molecule has 9 heteroatoms. The van der Waals surface area contributed by atoms with Crippen molar-refractivity contribution in [1.82, 2.24) is 15.5 Å². The Morgan fingerprint density at radius 1 is 1.12 bits per heavy atom. The highest BCUT2D eigenvalue weighted by Gasteiger charge is 2.27. The van der Waals surface area contributed by atoms with Gasteiger partial charge in [-0.15, -0.1) is 0 Å². The largest absolute Gasteiger partial charge is 0.351 e. The molecule has 174 valence electrons. The van der Waals surface area contributed by atoms with E-state index in [0.717, 1.165) is 11.1 Å². The average Bonchev–Trinajstić information content (AvgIpc) is 2.78. The third-order valence-electron chi connectivity index (χ3n) is 5.67. The molecule has 1 aliphatic heterocycles. The highest BCUT2D eigenvalue weighted by Crippen LogP contribution is 2.17. The Kier molecular flexibility index (Phi) is 7.76. The van der Waals surface area contributed by atoms with Crippen molar-refractivity contribution in [2.45, 2.75) is 45.2 Å². The molecule has 1 saturated heterocycles. The van der Waals surface area contributed by atoms with Gasteiger partial charge in [-0.2, -0.15) is 0 Å². The number of nitrogens with zero attached hydrogens (tertiary/aromatic N) is 2. The van der Waals surface area contributed by atoms with Crippen LogP contribution in [0.15, 0.2) is 48.5 Å². The number of hydrogen-bond acceptors (Lipinski definition) is 5. The van der Waals surface area contributed by atoms with Crippen LogP contribution in [0.1, 0.15) is 41.3 Å². The summed E-state index contributed by atoms with van der Waals surface area (Å²) in [5, 5.41) is 16.5. The summed E-state index contributed by atoms with van der Waals surface area (Å²) in [7, 11) is 0. The SMILES string of the molecule is CC(=O)N[C@@H](Cc1cccc(C)c1)C(=O)NC1CCN(C(=O)c2ccc([N+](=O)[O-])cc2)CC1. The molecule has 1 heterocycles. The lowest BCUT2D eigenvalue weighted by Gasteiger charge is -2.33. The maximum Gasteiger partial charge on any atom is 0.269 e. The third kappa shape index (κ3) is 6.61. The molecule has 3 amide bonds. The van der Waals surface area contributed by atoms with Gasteiger partial charge in [-0.1, -0.05) is 29.8 Å². The first-order valence-corrected chi connectivity index (χ1v) is 10.9. The molecule has 2 aromatic carbocycles. The van der Waals surface area contributed by atoms with Crippen molar-refractivity contribution in [3.05, 3.63) is 75.3 Å². The minimum atomic E-state index is -0.677. The zero-order chi connectivity index (χ0) is 24.0. The summed E-state index contributed by atoms with van der Waals surface area (Å²) in [5.74, 6) is -0.705. The number of piperidine rings is 1. The third-order valence-corrected chi connectivity index (χ3v) is 5.67. The summed E-state index contributed by atoms with van der Waals surface area (Å²) in [6.07, 6.45) is 1.56. The minimum Gasteiger partial charge on any atom is -0.351 e. The lowest BCUT2D eigenvalue weighted by molar-refractivity contribution is -0.384. The predicted molar refractivity (Wildman–Crippen MR) is 123 cm³/mol. The van der Waals surface area contributed by atoms with Crippen LogP contribution in [0, 0.1) is 17.0 Å². The Labute approximate surface area is 192 Å². The Morgan fingerprint density at radius 3 is 2.36 bits per heavy atom. The van der Waals surface area contributed by atoms with Gasteiger partial charge < -0.3 is 15.5 Å². The van der Waals surface area contributed by atoms with E-state index in [2.05, 4.69) is 10.6 Å². The van der Waals surface area contributed by atoms with E-state index in [-0.39, 0.29) is 29.5 Å². The summed E-state index contributed by atoms with van der Waals surface area (Å²) >= 11 is 0. The number of carbonyl (C=O) groups excluding carboxylic acids is 3. The lowest BCUT2D eigenvalue weighted by Crippen LogP contribution is -2.53. The smallest absolute Gasteiger partial charge is 0.269 e. The second-order valence-electron chi connectivity index (χ2n) is 8.33. The average molecular weight is 453 g/mol. The number of aryl methyl sites for hydroxylation is 1. The van der Waals surface area contributed by atoms with Crippen LogP contribution in [-0.2, 0) is 16.0 Å². The number of non-ortho nitro benzene ring substituents is 1. The number of carbonyl (C=O) groups is 3. The Bertz CT molecular complexity index is 1030. The molecule has 0 saturated carbocycles. The second-order valence-corrected chi connectivity index (χ2v) is 8.33. The molecule has 2 N–H and O–H groups in total. The van der Waals surface area contributed by atoms with Crippen molar-refractivity contribution in [1.29, 1.82) is 0 Å². The van der Waals surface area contributed by atoms with E-state index in [1.165, 1.54) is 31.2 Å². The van der Waals surface area contributed by atoms with Crippen molar-refractivity contribution >= 4 is 23.4 Å². The van der Waals surface area contributed by atoms with Gasteiger partial charge in [-0.3, -0.25) is 24.5 Å². The molecule has 0 unspecified atom stereocenters. The fourth-order valence-electron chi connectivity index (χ4n) is 3.97. The maximum atomic E-state index is 12.9. The van der Waals surface area contributed by atoms with E-state index in [9.17, 15) is 24.5 Å². The van der Waals surface area contributed by atoms with Gasteiger partial charge in [0.2, 0.25) is 11.8 Å². The number of rotatable bonds is 7. The molecule has 2 aromatic rings. The zero-order valence-electron chi connectivity index (χ0n) is 18.7. The number of hydrogen-bond donors (Lipinski definition) is 2. The molecule has 0 bridgehead atoms. The van der Waals surface area contributed by atoms with Crippen molar-refractivity contribution < 1.29 is 19.3 Å².